The highest BCUT2D eigenvalue weighted by Gasteiger charge is 2.45. The summed E-state index contributed by atoms with van der Waals surface area (Å²) < 4.78 is 13.2. The number of carboxylic acids is 1. The number of likely N-dealkylation sites (tertiary alicyclic amines) is 1. The first-order valence-corrected chi connectivity index (χ1v) is 9.21. The molecule has 2 N–H and O–H groups in total. The molecule has 0 aromatic heterocycles. The predicted molar refractivity (Wildman–Crippen MR) is 105 cm³/mol. The zero-order valence-corrected chi connectivity index (χ0v) is 16.0. The molecule has 1 fully saturated rings. The Hall–Kier alpha value is -4.08. The largest absolute Gasteiger partial charge is 0.507 e. The van der Waals surface area contributed by atoms with Crippen molar-refractivity contribution in [2.45, 2.75) is 18.9 Å². The van der Waals surface area contributed by atoms with Gasteiger partial charge in [-0.05, 0) is 48.4 Å². The molecule has 0 bridgehead atoms. The van der Waals surface area contributed by atoms with Gasteiger partial charge in [0, 0.05) is 30.7 Å². The van der Waals surface area contributed by atoms with Gasteiger partial charge in [0.2, 0.25) is 0 Å². The summed E-state index contributed by atoms with van der Waals surface area (Å²) in [4.78, 5) is 47.7. The van der Waals surface area contributed by atoms with Crippen LogP contribution in [0.3, 0.4) is 0 Å². The average molecular weight is 428 g/mol. The van der Waals surface area contributed by atoms with Crippen LogP contribution in [0.1, 0.15) is 30.0 Å². The second-order valence-corrected chi connectivity index (χ2v) is 6.85. The third-order valence-electron chi connectivity index (χ3n) is 4.87. The van der Waals surface area contributed by atoms with Crippen molar-refractivity contribution in [3.05, 3.63) is 81.2 Å². The number of nitrogens with zero attached hydrogens (tertiary/aromatic N) is 2. The minimum Gasteiger partial charge on any atom is -0.507 e. The summed E-state index contributed by atoms with van der Waals surface area (Å²) in [6.45, 7) is -0.0846. The smallest absolute Gasteiger partial charge is 0.303 e. The molecule has 0 radical (unpaired) electrons. The SMILES string of the molecule is O=C(O)CCCN1C(=O)C(=O)C(=C(O)c2ccc(F)cc2)[C@@H]1c1ccc([N+](=O)[O-])cc1. The molecule has 0 saturated carbocycles. The second kappa shape index (κ2) is 8.74. The molecule has 1 atom stereocenters. The molecule has 160 valence electrons. The Labute approximate surface area is 175 Å². The van der Waals surface area contributed by atoms with Crippen LogP contribution in [-0.4, -0.2) is 44.2 Å². The molecule has 0 aliphatic carbocycles. The highest BCUT2D eigenvalue weighted by atomic mass is 19.1. The van der Waals surface area contributed by atoms with Crippen LogP contribution in [0.5, 0.6) is 0 Å². The third-order valence-corrected chi connectivity index (χ3v) is 4.87. The van der Waals surface area contributed by atoms with Gasteiger partial charge < -0.3 is 15.1 Å². The van der Waals surface area contributed by atoms with Crippen molar-refractivity contribution in [3.8, 4) is 0 Å². The molecule has 0 spiro atoms. The molecule has 10 heteroatoms. The van der Waals surface area contributed by atoms with E-state index in [4.69, 9.17) is 5.11 Å². The topological polar surface area (TPSA) is 138 Å². The van der Waals surface area contributed by atoms with Crippen molar-refractivity contribution < 1.29 is 33.9 Å². The number of carbonyl (C=O) groups excluding carboxylic acids is 2. The maximum absolute atomic E-state index is 13.2. The van der Waals surface area contributed by atoms with E-state index < -0.39 is 40.2 Å². The van der Waals surface area contributed by atoms with E-state index in [0.717, 1.165) is 17.0 Å². The Morgan fingerprint density at radius 2 is 1.68 bits per heavy atom. The lowest BCUT2D eigenvalue weighted by atomic mass is 9.95. The molecule has 1 heterocycles. The number of aliphatic carboxylic acids is 1. The quantitative estimate of drug-likeness (QED) is 0.227. The molecule has 2 aromatic carbocycles. The van der Waals surface area contributed by atoms with Gasteiger partial charge in [-0.25, -0.2) is 4.39 Å². The first-order valence-electron chi connectivity index (χ1n) is 9.21. The Kier molecular flexibility index (Phi) is 6.10. The molecule has 0 unspecified atom stereocenters. The van der Waals surface area contributed by atoms with Crippen molar-refractivity contribution >= 4 is 29.1 Å². The van der Waals surface area contributed by atoms with E-state index in [1.165, 1.54) is 36.4 Å². The van der Waals surface area contributed by atoms with E-state index in [1.54, 1.807) is 0 Å². The zero-order valence-electron chi connectivity index (χ0n) is 16.0. The number of nitro benzene ring substituents is 1. The molecule has 2 aromatic rings. The van der Waals surface area contributed by atoms with Crippen LogP contribution in [0, 0.1) is 15.9 Å². The summed E-state index contributed by atoms with van der Waals surface area (Å²) in [6.07, 6.45) is -0.184. The van der Waals surface area contributed by atoms with Gasteiger partial charge in [0.15, 0.2) is 0 Å². The lowest BCUT2D eigenvalue weighted by Gasteiger charge is -2.25. The number of Topliss-reactive ketones (excluding diaryl/α,β-unsaturated/α-hetero) is 1. The van der Waals surface area contributed by atoms with Gasteiger partial charge in [-0.3, -0.25) is 24.5 Å². The number of hydrogen-bond acceptors (Lipinski definition) is 6. The number of nitro groups is 1. The van der Waals surface area contributed by atoms with Crippen molar-refractivity contribution in [1.82, 2.24) is 4.90 Å². The Bertz CT molecular complexity index is 1080. The van der Waals surface area contributed by atoms with Crippen LogP contribution in [0.2, 0.25) is 0 Å². The first kappa shape index (κ1) is 21.6. The number of ketones is 1. The van der Waals surface area contributed by atoms with E-state index in [0.29, 0.717) is 5.56 Å². The lowest BCUT2D eigenvalue weighted by molar-refractivity contribution is -0.384. The van der Waals surface area contributed by atoms with Gasteiger partial charge in [-0.1, -0.05) is 0 Å². The normalized spacial score (nSPS) is 17.7. The third kappa shape index (κ3) is 4.42. The number of aliphatic hydroxyl groups excluding tert-OH is 1. The van der Waals surface area contributed by atoms with Crippen molar-refractivity contribution in [2.75, 3.05) is 6.54 Å². The molecular formula is C21H17FN2O7. The maximum atomic E-state index is 13.2. The number of amides is 1. The van der Waals surface area contributed by atoms with Crippen molar-refractivity contribution in [2.24, 2.45) is 0 Å². The summed E-state index contributed by atoms with van der Waals surface area (Å²) in [5.41, 5.74) is -0.0356. The fourth-order valence-corrected chi connectivity index (χ4v) is 3.40. The van der Waals surface area contributed by atoms with E-state index in [2.05, 4.69) is 0 Å². The highest BCUT2D eigenvalue weighted by molar-refractivity contribution is 6.46. The summed E-state index contributed by atoms with van der Waals surface area (Å²) in [5, 5.41) is 30.6. The van der Waals surface area contributed by atoms with E-state index in [1.807, 2.05) is 0 Å². The fraction of sp³-hybridized carbons (Fsp3) is 0.190. The number of hydrogen-bond donors (Lipinski definition) is 2. The van der Waals surface area contributed by atoms with Crippen LogP contribution in [0.4, 0.5) is 10.1 Å². The van der Waals surface area contributed by atoms with Gasteiger partial charge in [-0.15, -0.1) is 0 Å². The molecule has 9 nitrogen and oxygen atoms in total. The van der Waals surface area contributed by atoms with Crippen LogP contribution in [0.15, 0.2) is 54.1 Å². The van der Waals surface area contributed by atoms with Gasteiger partial charge in [0.05, 0.1) is 16.5 Å². The molecule has 1 aliphatic rings. The van der Waals surface area contributed by atoms with Crippen LogP contribution < -0.4 is 0 Å². The standard InChI is InChI=1S/C21H17FN2O7/c22-14-7-3-13(4-8-14)19(27)17-18(12-5-9-15(10-6-12)24(30)31)23(21(29)20(17)28)11-1-2-16(25)26/h3-10,18,27H,1-2,11H2,(H,25,26)/t18-/m0/s1. The minimum absolute atomic E-state index is 0.0580. The van der Waals surface area contributed by atoms with E-state index >= 15 is 0 Å². The Balaban J connectivity index is 2.10. The number of carbonyl (C=O) groups is 3. The van der Waals surface area contributed by atoms with Gasteiger partial charge >= 0.3 is 5.97 Å². The predicted octanol–water partition coefficient (Wildman–Crippen LogP) is 3.02. The fourth-order valence-electron chi connectivity index (χ4n) is 3.40. The van der Waals surface area contributed by atoms with Crippen molar-refractivity contribution in [1.29, 1.82) is 0 Å². The summed E-state index contributed by atoms with van der Waals surface area (Å²) >= 11 is 0. The second-order valence-electron chi connectivity index (χ2n) is 6.85. The van der Waals surface area contributed by atoms with Crippen molar-refractivity contribution in [3.63, 3.8) is 0 Å². The monoisotopic (exact) mass is 428 g/mol. The first-order chi connectivity index (χ1) is 14.7. The summed E-state index contributed by atoms with van der Waals surface area (Å²) in [5.74, 6) is -4.08. The average Bonchev–Trinajstić information content (AvgIpc) is 2.98. The zero-order chi connectivity index (χ0) is 22.7. The Morgan fingerprint density at radius 1 is 1.06 bits per heavy atom. The van der Waals surface area contributed by atoms with E-state index in [-0.39, 0.29) is 36.2 Å². The minimum atomic E-state index is -1.08. The highest BCUT2D eigenvalue weighted by Crippen LogP contribution is 2.39. The molecule has 3 rings (SSSR count). The molecule has 1 saturated heterocycles. The van der Waals surface area contributed by atoms with Gasteiger partial charge in [0.25, 0.3) is 17.4 Å². The van der Waals surface area contributed by atoms with Gasteiger partial charge in [0.1, 0.15) is 11.6 Å². The van der Waals surface area contributed by atoms with Gasteiger partial charge in [-0.2, -0.15) is 0 Å². The van der Waals surface area contributed by atoms with Crippen LogP contribution in [0.25, 0.3) is 5.76 Å². The Morgan fingerprint density at radius 3 is 2.23 bits per heavy atom. The lowest BCUT2D eigenvalue weighted by Crippen LogP contribution is -2.31. The number of rotatable bonds is 7. The number of carboxylic acid groups (broad SMARTS) is 1. The van der Waals surface area contributed by atoms with E-state index in [9.17, 15) is 34.0 Å². The number of halogens is 1. The molecule has 1 amide bonds. The molecular weight excluding hydrogens is 411 g/mol. The summed E-state index contributed by atoms with van der Waals surface area (Å²) in [6, 6.07) is 8.69. The molecule has 31 heavy (non-hydrogen) atoms. The number of aliphatic hydroxyl groups is 1. The maximum Gasteiger partial charge on any atom is 0.303 e. The van der Waals surface area contributed by atoms with Crippen LogP contribution in [-0.2, 0) is 14.4 Å². The number of benzene rings is 2. The summed E-state index contributed by atoms with van der Waals surface area (Å²) in [7, 11) is 0. The number of non-ortho nitro benzene ring substituents is 1. The van der Waals surface area contributed by atoms with Crippen LogP contribution >= 0.6 is 0 Å². The molecule has 1 aliphatic heterocycles.